The van der Waals surface area contributed by atoms with Crippen LogP contribution < -0.4 is 5.73 Å². The maximum atomic E-state index is 12.1. The number of Topliss-reactive ketones (excluding diaryl/α,β-unsaturated/α-hetero) is 1. The lowest BCUT2D eigenvalue weighted by Gasteiger charge is -2.03. The molecule has 0 saturated heterocycles. The van der Waals surface area contributed by atoms with Gasteiger partial charge in [-0.15, -0.1) is 0 Å². The van der Waals surface area contributed by atoms with Gasteiger partial charge in [-0.3, -0.25) is 9.48 Å². The van der Waals surface area contributed by atoms with E-state index in [-0.39, 0.29) is 12.2 Å². The highest BCUT2D eigenvalue weighted by molar-refractivity contribution is 6.32. The maximum Gasteiger partial charge on any atom is 0.168 e. The van der Waals surface area contributed by atoms with Crippen LogP contribution in [0.4, 0.5) is 5.69 Å². The lowest BCUT2D eigenvalue weighted by molar-refractivity contribution is 0.0991. The molecule has 0 atom stereocenters. The zero-order chi connectivity index (χ0) is 13.3. The SMILES string of the molecule is Cc1nn(C)c(CC(=O)c2ccc(N)cc2)c1Cl. The number of aromatic nitrogens is 2. The lowest BCUT2D eigenvalue weighted by Crippen LogP contribution is -2.08. The molecule has 1 heterocycles. The summed E-state index contributed by atoms with van der Waals surface area (Å²) in [7, 11) is 1.78. The number of ketones is 1. The molecule has 94 valence electrons. The first-order chi connectivity index (χ1) is 8.49. The van der Waals surface area contributed by atoms with Crippen molar-refractivity contribution in [3.05, 3.63) is 46.2 Å². The van der Waals surface area contributed by atoms with Crippen LogP contribution >= 0.6 is 11.6 Å². The summed E-state index contributed by atoms with van der Waals surface area (Å²) >= 11 is 6.12. The maximum absolute atomic E-state index is 12.1. The lowest BCUT2D eigenvalue weighted by atomic mass is 10.1. The van der Waals surface area contributed by atoms with Gasteiger partial charge in [0.2, 0.25) is 0 Å². The van der Waals surface area contributed by atoms with Crippen LogP contribution in [0.3, 0.4) is 0 Å². The van der Waals surface area contributed by atoms with E-state index in [4.69, 9.17) is 17.3 Å². The molecule has 0 bridgehead atoms. The minimum absolute atomic E-state index is 0.0000926. The minimum Gasteiger partial charge on any atom is -0.399 e. The number of nitrogens with zero attached hydrogens (tertiary/aromatic N) is 2. The number of anilines is 1. The molecule has 0 spiro atoms. The number of halogens is 1. The van der Waals surface area contributed by atoms with Crippen molar-refractivity contribution >= 4 is 23.1 Å². The normalized spacial score (nSPS) is 10.6. The van der Waals surface area contributed by atoms with E-state index in [9.17, 15) is 4.79 Å². The molecule has 0 fully saturated rings. The van der Waals surface area contributed by atoms with Crippen LogP contribution in [0.15, 0.2) is 24.3 Å². The molecular formula is C13H14ClN3O. The summed E-state index contributed by atoms with van der Waals surface area (Å²) in [5.41, 5.74) is 8.32. The zero-order valence-corrected chi connectivity index (χ0v) is 11.0. The molecule has 0 amide bonds. The molecule has 1 aromatic heterocycles. The molecule has 5 heteroatoms. The number of hydrogen-bond acceptors (Lipinski definition) is 3. The molecule has 18 heavy (non-hydrogen) atoms. The molecule has 1 aromatic carbocycles. The van der Waals surface area contributed by atoms with Gasteiger partial charge in [0.25, 0.3) is 0 Å². The topological polar surface area (TPSA) is 60.9 Å². The third-order valence-corrected chi connectivity index (χ3v) is 3.31. The average Bonchev–Trinajstić information content (AvgIpc) is 2.57. The summed E-state index contributed by atoms with van der Waals surface area (Å²) in [4.78, 5) is 12.1. The summed E-state index contributed by atoms with van der Waals surface area (Å²) < 4.78 is 1.65. The van der Waals surface area contributed by atoms with Gasteiger partial charge in [-0.25, -0.2) is 0 Å². The Morgan fingerprint density at radius 1 is 1.39 bits per heavy atom. The molecule has 0 aliphatic heterocycles. The van der Waals surface area contributed by atoms with Crippen molar-refractivity contribution in [3.63, 3.8) is 0 Å². The molecule has 2 rings (SSSR count). The number of rotatable bonds is 3. The van der Waals surface area contributed by atoms with E-state index in [2.05, 4.69) is 5.10 Å². The fourth-order valence-corrected chi connectivity index (χ4v) is 2.02. The van der Waals surface area contributed by atoms with Crippen molar-refractivity contribution < 1.29 is 4.79 Å². The fraction of sp³-hybridized carbons (Fsp3) is 0.231. The molecule has 4 nitrogen and oxygen atoms in total. The van der Waals surface area contributed by atoms with E-state index in [0.717, 1.165) is 11.4 Å². The van der Waals surface area contributed by atoms with Crippen molar-refractivity contribution in [1.82, 2.24) is 9.78 Å². The van der Waals surface area contributed by atoms with Crippen molar-refractivity contribution in [2.24, 2.45) is 7.05 Å². The Morgan fingerprint density at radius 2 is 2.00 bits per heavy atom. The quantitative estimate of drug-likeness (QED) is 0.683. The summed E-state index contributed by atoms with van der Waals surface area (Å²) in [6, 6.07) is 6.86. The second kappa shape index (κ2) is 4.82. The molecule has 0 aliphatic carbocycles. The monoisotopic (exact) mass is 263 g/mol. The largest absolute Gasteiger partial charge is 0.399 e. The first kappa shape index (κ1) is 12.6. The highest BCUT2D eigenvalue weighted by Gasteiger charge is 2.15. The predicted octanol–water partition coefficient (Wildman–Crippen LogP) is 2.39. The second-order valence-electron chi connectivity index (χ2n) is 4.19. The van der Waals surface area contributed by atoms with Gasteiger partial charge >= 0.3 is 0 Å². The summed E-state index contributed by atoms with van der Waals surface area (Å²) in [6.45, 7) is 1.82. The van der Waals surface area contributed by atoms with Crippen molar-refractivity contribution in [1.29, 1.82) is 0 Å². The first-order valence-electron chi connectivity index (χ1n) is 5.55. The van der Waals surface area contributed by atoms with Crippen LogP contribution in [0.2, 0.25) is 5.02 Å². The smallest absolute Gasteiger partial charge is 0.168 e. The van der Waals surface area contributed by atoms with Crippen LogP contribution in [-0.2, 0) is 13.5 Å². The molecule has 2 N–H and O–H groups in total. The Labute approximate surface area is 110 Å². The van der Waals surface area contributed by atoms with E-state index in [0.29, 0.717) is 16.3 Å². The van der Waals surface area contributed by atoms with E-state index < -0.39 is 0 Å². The van der Waals surface area contributed by atoms with Crippen molar-refractivity contribution in [2.75, 3.05) is 5.73 Å². The Hall–Kier alpha value is -1.81. The van der Waals surface area contributed by atoms with Gasteiger partial charge in [0, 0.05) is 18.3 Å². The number of nitrogen functional groups attached to an aromatic ring is 1. The van der Waals surface area contributed by atoms with Gasteiger partial charge < -0.3 is 5.73 Å². The van der Waals surface area contributed by atoms with Gasteiger partial charge in [0.15, 0.2) is 5.78 Å². The fourth-order valence-electron chi connectivity index (χ4n) is 1.80. The van der Waals surface area contributed by atoms with Crippen LogP contribution in [-0.4, -0.2) is 15.6 Å². The van der Waals surface area contributed by atoms with Gasteiger partial charge in [-0.05, 0) is 31.2 Å². The summed E-state index contributed by atoms with van der Waals surface area (Å²) in [6.07, 6.45) is 0.236. The van der Waals surface area contributed by atoms with Crippen molar-refractivity contribution in [2.45, 2.75) is 13.3 Å². The summed E-state index contributed by atoms with van der Waals surface area (Å²) in [5, 5.41) is 4.74. The summed E-state index contributed by atoms with van der Waals surface area (Å²) in [5.74, 6) is -0.0000926. The van der Waals surface area contributed by atoms with Crippen LogP contribution in [0, 0.1) is 6.92 Å². The predicted molar refractivity (Wildman–Crippen MR) is 71.8 cm³/mol. The van der Waals surface area contributed by atoms with Gasteiger partial charge in [-0.2, -0.15) is 5.10 Å². The number of benzene rings is 1. The number of carbonyl (C=O) groups excluding carboxylic acids is 1. The van der Waals surface area contributed by atoms with Crippen LogP contribution in [0.25, 0.3) is 0 Å². The van der Waals surface area contributed by atoms with E-state index in [1.54, 1.807) is 36.0 Å². The number of carbonyl (C=O) groups is 1. The molecule has 0 unspecified atom stereocenters. The highest BCUT2D eigenvalue weighted by atomic mass is 35.5. The molecule has 2 aromatic rings. The number of hydrogen-bond donors (Lipinski definition) is 1. The van der Waals surface area contributed by atoms with Crippen molar-refractivity contribution in [3.8, 4) is 0 Å². The molecular weight excluding hydrogens is 250 g/mol. The first-order valence-corrected chi connectivity index (χ1v) is 5.93. The average molecular weight is 264 g/mol. The standard InChI is InChI=1S/C13H14ClN3O/c1-8-13(14)11(17(2)16-8)7-12(18)9-3-5-10(15)6-4-9/h3-6H,7,15H2,1-2H3. The second-order valence-corrected chi connectivity index (χ2v) is 4.57. The van der Waals surface area contributed by atoms with E-state index in [1.807, 2.05) is 6.92 Å². The number of aryl methyl sites for hydroxylation is 2. The van der Waals surface area contributed by atoms with Gasteiger partial charge in [0.05, 0.1) is 22.8 Å². The van der Waals surface area contributed by atoms with Gasteiger partial charge in [0.1, 0.15) is 0 Å². The Morgan fingerprint density at radius 3 is 2.50 bits per heavy atom. The van der Waals surface area contributed by atoms with Crippen LogP contribution in [0.5, 0.6) is 0 Å². The van der Waals surface area contributed by atoms with E-state index in [1.165, 1.54) is 0 Å². The highest BCUT2D eigenvalue weighted by Crippen LogP contribution is 2.21. The number of nitrogens with two attached hydrogens (primary N) is 1. The molecule has 0 radical (unpaired) electrons. The third kappa shape index (κ3) is 2.38. The minimum atomic E-state index is -0.0000926. The Balaban J connectivity index is 2.24. The third-order valence-electron chi connectivity index (χ3n) is 2.82. The molecule has 0 aliphatic rings. The Kier molecular flexibility index (Phi) is 3.39. The van der Waals surface area contributed by atoms with Crippen LogP contribution in [0.1, 0.15) is 21.7 Å². The zero-order valence-electron chi connectivity index (χ0n) is 10.3. The van der Waals surface area contributed by atoms with E-state index >= 15 is 0 Å². The van der Waals surface area contributed by atoms with Gasteiger partial charge in [-0.1, -0.05) is 11.6 Å². The molecule has 0 saturated carbocycles. The Bertz CT molecular complexity index is 587.